The number of hydrogen-bond donors (Lipinski definition) is 1. The van der Waals surface area contributed by atoms with Crippen molar-refractivity contribution in [3.05, 3.63) is 29.8 Å². The lowest BCUT2D eigenvalue weighted by atomic mass is 9.97. The highest BCUT2D eigenvalue weighted by atomic mass is 32.2. The van der Waals surface area contributed by atoms with Crippen LogP contribution >= 0.6 is 0 Å². The third-order valence-electron chi connectivity index (χ3n) is 2.95. The van der Waals surface area contributed by atoms with Gasteiger partial charge in [-0.2, -0.15) is 0 Å². The minimum absolute atomic E-state index is 0.00721. The number of cyclic esters (lactones) is 1. The Labute approximate surface area is 110 Å². The molecule has 1 unspecified atom stereocenters. The summed E-state index contributed by atoms with van der Waals surface area (Å²) in [5, 5.41) is 0. The number of carbonyl (C=O) groups excluding carboxylic acids is 2. The number of sulfonamides is 1. The number of esters is 1. The van der Waals surface area contributed by atoms with Gasteiger partial charge in [0.1, 0.15) is 5.92 Å². The Morgan fingerprint density at radius 2 is 2.16 bits per heavy atom. The number of Topliss-reactive ketones (excluding diaryl/α,β-unsaturated/α-hetero) is 1. The molecule has 102 valence electrons. The summed E-state index contributed by atoms with van der Waals surface area (Å²) in [5.74, 6) is -1.78. The molecule has 1 heterocycles. The van der Waals surface area contributed by atoms with Crippen molar-refractivity contribution in [2.75, 3.05) is 13.7 Å². The highest BCUT2D eigenvalue weighted by Crippen LogP contribution is 2.21. The molecular formula is C12H13NO5S. The zero-order valence-corrected chi connectivity index (χ0v) is 11.1. The second-order valence-corrected chi connectivity index (χ2v) is 5.99. The normalized spacial score (nSPS) is 19.2. The van der Waals surface area contributed by atoms with Crippen molar-refractivity contribution in [2.45, 2.75) is 11.3 Å². The summed E-state index contributed by atoms with van der Waals surface area (Å²) in [4.78, 5) is 23.5. The lowest BCUT2D eigenvalue weighted by Gasteiger charge is -2.07. The molecule has 2 rings (SSSR count). The molecule has 1 fully saturated rings. The van der Waals surface area contributed by atoms with E-state index < -0.39 is 27.7 Å². The lowest BCUT2D eigenvalue weighted by Crippen LogP contribution is -2.21. The van der Waals surface area contributed by atoms with E-state index in [0.29, 0.717) is 6.42 Å². The number of hydrogen-bond acceptors (Lipinski definition) is 5. The van der Waals surface area contributed by atoms with Crippen LogP contribution in [0.1, 0.15) is 16.8 Å². The molecule has 6 nitrogen and oxygen atoms in total. The number of nitrogens with one attached hydrogen (secondary N) is 1. The van der Waals surface area contributed by atoms with Gasteiger partial charge in [-0.1, -0.05) is 12.1 Å². The van der Waals surface area contributed by atoms with Crippen molar-refractivity contribution in [1.82, 2.24) is 4.72 Å². The quantitative estimate of drug-likeness (QED) is 0.489. The summed E-state index contributed by atoms with van der Waals surface area (Å²) in [6.07, 6.45) is 0.334. The van der Waals surface area contributed by atoms with E-state index in [4.69, 9.17) is 4.74 Å². The van der Waals surface area contributed by atoms with Crippen molar-refractivity contribution < 1.29 is 22.7 Å². The second kappa shape index (κ2) is 5.10. The van der Waals surface area contributed by atoms with E-state index in [2.05, 4.69) is 4.72 Å². The third-order valence-corrected chi connectivity index (χ3v) is 4.36. The maximum atomic E-state index is 12.1. The SMILES string of the molecule is CNS(=O)(=O)c1cccc(C(=O)C2CCOC2=O)c1. The van der Waals surface area contributed by atoms with Crippen LogP contribution in [0.15, 0.2) is 29.2 Å². The maximum absolute atomic E-state index is 12.1. The number of ether oxygens (including phenoxy) is 1. The Kier molecular flexibility index (Phi) is 3.68. The summed E-state index contributed by atoms with van der Waals surface area (Å²) in [7, 11) is -2.32. The Hall–Kier alpha value is -1.73. The Morgan fingerprint density at radius 3 is 2.74 bits per heavy atom. The first-order valence-electron chi connectivity index (χ1n) is 5.70. The number of carbonyl (C=O) groups is 2. The minimum Gasteiger partial charge on any atom is -0.465 e. The molecule has 1 atom stereocenters. The molecule has 1 aliphatic rings. The Balaban J connectivity index is 2.34. The molecule has 1 aliphatic heterocycles. The molecule has 19 heavy (non-hydrogen) atoms. The topological polar surface area (TPSA) is 89.5 Å². The summed E-state index contributed by atoms with van der Waals surface area (Å²) in [5.41, 5.74) is 0.195. The summed E-state index contributed by atoms with van der Waals surface area (Å²) in [6, 6.07) is 5.61. The van der Waals surface area contributed by atoms with Crippen LogP contribution in [0.25, 0.3) is 0 Å². The smallest absolute Gasteiger partial charge is 0.316 e. The van der Waals surface area contributed by atoms with Gasteiger partial charge in [-0.25, -0.2) is 13.1 Å². The summed E-state index contributed by atoms with van der Waals surface area (Å²) in [6.45, 7) is 0.226. The largest absolute Gasteiger partial charge is 0.465 e. The van der Waals surface area contributed by atoms with E-state index in [9.17, 15) is 18.0 Å². The Bertz CT molecular complexity index is 623. The van der Waals surface area contributed by atoms with Crippen LogP contribution < -0.4 is 4.72 Å². The molecule has 0 spiro atoms. The average molecular weight is 283 g/mol. The monoisotopic (exact) mass is 283 g/mol. The highest BCUT2D eigenvalue weighted by molar-refractivity contribution is 7.89. The molecule has 0 radical (unpaired) electrons. The van der Waals surface area contributed by atoms with E-state index in [1.165, 1.54) is 31.3 Å². The van der Waals surface area contributed by atoms with Crippen molar-refractivity contribution in [2.24, 2.45) is 5.92 Å². The van der Waals surface area contributed by atoms with Gasteiger partial charge in [0.25, 0.3) is 0 Å². The van der Waals surface area contributed by atoms with Crippen molar-refractivity contribution >= 4 is 21.8 Å². The van der Waals surface area contributed by atoms with Gasteiger partial charge in [-0.3, -0.25) is 9.59 Å². The first kappa shape index (κ1) is 13.7. The first-order chi connectivity index (χ1) is 8.95. The summed E-state index contributed by atoms with van der Waals surface area (Å²) < 4.78 is 30.2. The molecule has 0 aromatic heterocycles. The van der Waals surface area contributed by atoms with Gasteiger partial charge in [-0.15, -0.1) is 0 Å². The maximum Gasteiger partial charge on any atom is 0.316 e. The van der Waals surface area contributed by atoms with Crippen LogP contribution in [0.2, 0.25) is 0 Å². The van der Waals surface area contributed by atoms with E-state index in [-0.39, 0.29) is 17.1 Å². The first-order valence-corrected chi connectivity index (χ1v) is 7.18. The van der Waals surface area contributed by atoms with Gasteiger partial charge < -0.3 is 4.74 Å². The standard InChI is InChI=1S/C12H13NO5S/c1-13-19(16,17)9-4-2-3-8(7-9)11(14)10-5-6-18-12(10)15/h2-4,7,10,13H,5-6H2,1H3. The van der Waals surface area contributed by atoms with E-state index in [0.717, 1.165) is 0 Å². The fourth-order valence-electron chi connectivity index (χ4n) is 1.87. The van der Waals surface area contributed by atoms with Gasteiger partial charge >= 0.3 is 5.97 Å². The minimum atomic E-state index is -3.61. The highest BCUT2D eigenvalue weighted by Gasteiger charge is 2.34. The van der Waals surface area contributed by atoms with Gasteiger partial charge in [-0.05, 0) is 19.2 Å². The molecule has 1 N–H and O–H groups in total. The zero-order valence-electron chi connectivity index (χ0n) is 10.3. The van der Waals surface area contributed by atoms with Crippen molar-refractivity contribution in [1.29, 1.82) is 0 Å². The fraction of sp³-hybridized carbons (Fsp3) is 0.333. The van der Waals surface area contributed by atoms with Crippen LogP contribution in [0.3, 0.4) is 0 Å². The van der Waals surface area contributed by atoms with Gasteiger partial charge in [0.15, 0.2) is 5.78 Å². The molecule has 7 heteroatoms. The van der Waals surface area contributed by atoms with E-state index in [1.54, 1.807) is 0 Å². The third kappa shape index (κ3) is 2.66. The van der Waals surface area contributed by atoms with Crippen molar-refractivity contribution in [3.63, 3.8) is 0 Å². The van der Waals surface area contributed by atoms with Crippen LogP contribution in [0.4, 0.5) is 0 Å². The lowest BCUT2D eigenvalue weighted by molar-refractivity contribution is -0.140. The Morgan fingerprint density at radius 1 is 1.42 bits per heavy atom. The van der Waals surface area contributed by atoms with Crippen LogP contribution in [0, 0.1) is 5.92 Å². The molecule has 0 aliphatic carbocycles. The number of ketones is 1. The average Bonchev–Trinajstić information content (AvgIpc) is 2.84. The predicted molar refractivity (Wildman–Crippen MR) is 66.1 cm³/mol. The van der Waals surface area contributed by atoms with Crippen LogP contribution in [0.5, 0.6) is 0 Å². The fourth-order valence-corrected chi connectivity index (χ4v) is 2.65. The molecule has 0 amide bonds. The van der Waals surface area contributed by atoms with Crippen molar-refractivity contribution in [3.8, 4) is 0 Å². The molecule has 1 aromatic carbocycles. The van der Waals surface area contributed by atoms with E-state index in [1.807, 2.05) is 0 Å². The van der Waals surface area contributed by atoms with Gasteiger partial charge in [0.2, 0.25) is 10.0 Å². The number of rotatable bonds is 4. The molecule has 0 bridgehead atoms. The zero-order chi connectivity index (χ0) is 14.0. The molecule has 1 saturated heterocycles. The second-order valence-electron chi connectivity index (χ2n) is 4.11. The van der Waals surface area contributed by atoms with Gasteiger partial charge in [0.05, 0.1) is 11.5 Å². The van der Waals surface area contributed by atoms with E-state index >= 15 is 0 Å². The van der Waals surface area contributed by atoms with Crippen LogP contribution in [-0.2, 0) is 19.6 Å². The molecule has 1 aromatic rings. The molecule has 0 saturated carbocycles. The summed E-state index contributed by atoms with van der Waals surface area (Å²) >= 11 is 0. The number of benzene rings is 1. The van der Waals surface area contributed by atoms with Crippen LogP contribution in [-0.4, -0.2) is 33.8 Å². The van der Waals surface area contributed by atoms with Gasteiger partial charge in [0, 0.05) is 12.0 Å². The predicted octanol–water partition coefficient (Wildman–Crippen LogP) is 0.340. The molecular weight excluding hydrogens is 270 g/mol.